The van der Waals surface area contributed by atoms with Crippen LogP contribution in [0.1, 0.15) is 25.8 Å². The Labute approximate surface area is 102 Å². The zero-order chi connectivity index (χ0) is 12.2. The van der Waals surface area contributed by atoms with E-state index in [4.69, 9.17) is 17.3 Å². The maximum Gasteiger partial charge on any atom is 0.0699 e. The van der Waals surface area contributed by atoms with E-state index in [0.717, 1.165) is 12.0 Å². The van der Waals surface area contributed by atoms with Gasteiger partial charge in [0.25, 0.3) is 0 Å². The highest BCUT2D eigenvalue weighted by Crippen LogP contribution is 2.24. The molecule has 1 aromatic carbocycles. The number of halogens is 1. The maximum absolute atomic E-state index is 10.4. The van der Waals surface area contributed by atoms with Crippen LogP contribution in [0, 0.1) is 5.92 Å². The number of hydrogen-bond donors (Lipinski definition) is 2. The summed E-state index contributed by atoms with van der Waals surface area (Å²) in [7, 11) is 0. The molecule has 16 heavy (non-hydrogen) atoms. The van der Waals surface area contributed by atoms with E-state index in [0.29, 0.717) is 18.0 Å². The van der Waals surface area contributed by atoms with Gasteiger partial charge in [0.15, 0.2) is 0 Å². The number of aliphatic hydroxyl groups is 1. The van der Waals surface area contributed by atoms with Crippen LogP contribution in [0.2, 0.25) is 5.02 Å². The summed E-state index contributed by atoms with van der Waals surface area (Å²) in [6, 6.07) is 7.58. The van der Waals surface area contributed by atoms with Gasteiger partial charge in [0.1, 0.15) is 0 Å². The molecule has 0 fully saturated rings. The third-order valence-electron chi connectivity index (χ3n) is 3.13. The molecule has 3 N–H and O–H groups in total. The van der Waals surface area contributed by atoms with Crippen LogP contribution in [0.5, 0.6) is 0 Å². The molecular formula is C13H20ClNO. The second kappa shape index (κ2) is 5.67. The van der Waals surface area contributed by atoms with Gasteiger partial charge in [0, 0.05) is 11.4 Å². The minimum atomic E-state index is -0.753. The maximum atomic E-state index is 10.4. The number of rotatable bonds is 5. The average molecular weight is 242 g/mol. The molecule has 0 radical (unpaired) electrons. The third kappa shape index (κ3) is 3.48. The lowest BCUT2D eigenvalue weighted by atomic mass is 9.82. The molecule has 0 bridgehead atoms. The summed E-state index contributed by atoms with van der Waals surface area (Å²) in [5, 5.41) is 11.1. The summed E-state index contributed by atoms with van der Waals surface area (Å²) in [5.74, 6) is 0.128. The van der Waals surface area contributed by atoms with Gasteiger partial charge in [0.05, 0.1) is 5.60 Å². The molecule has 3 heteroatoms. The normalized spacial score (nSPS) is 16.8. The Morgan fingerprint density at radius 1 is 1.38 bits per heavy atom. The van der Waals surface area contributed by atoms with E-state index in [-0.39, 0.29) is 5.92 Å². The molecular weight excluding hydrogens is 222 g/mol. The quantitative estimate of drug-likeness (QED) is 0.833. The molecule has 0 aliphatic rings. The molecule has 1 aromatic rings. The zero-order valence-corrected chi connectivity index (χ0v) is 10.7. The topological polar surface area (TPSA) is 46.2 Å². The molecule has 2 unspecified atom stereocenters. The summed E-state index contributed by atoms with van der Waals surface area (Å²) < 4.78 is 0. The Morgan fingerprint density at radius 2 is 1.94 bits per heavy atom. The summed E-state index contributed by atoms with van der Waals surface area (Å²) in [6.07, 6.45) is 1.50. The molecule has 0 amide bonds. The van der Waals surface area contributed by atoms with E-state index in [9.17, 15) is 5.11 Å². The van der Waals surface area contributed by atoms with E-state index in [1.54, 1.807) is 0 Å². The molecule has 1 rings (SSSR count). The van der Waals surface area contributed by atoms with Gasteiger partial charge < -0.3 is 10.8 Å². The van der Waals surface area contributed by atoms with Crippen LogP contribution in [-0.4, -0.2) is 17.3 Å². The van der Waals surface area contributed by atoms with Gasteiger partial charge in [-0.3, -0.25) is 0 Å². The average Bonchev–Trinajstić information content (AvgIpc) is 2.22. The summed E-state index contributed by atoms with van der Waals surface area (Å²) in [4.78, 5) is 0. The molecule has 0 saturated carbocycles. The van der Waals surface area contributed by atoms with E-state index in [1.165, 1.54) is 0 Å². The second-order valence-electron chi connectivity index (χ2n) is 4.50. The Morgan fingerprint density at radius 3 is 2.38 bits per heavy atom. The lowest BCUT2D eigenvalue weighted by molar-refractivity contribution is 0.00123. The van der Waals surface area contributed by atoms with Crippen molar-refractivity contribution in [1.82, 2.24) is 0 Å². The molecule has 0 aromatic heterocycles. The summed E-state index contributed by atoms with van der Waals surface area (Å²) >= 11 is 5.82. The molecule has 90 valence electrons. The standard InChI is InChI=1S/C13H20ClNO/c1-3-11(9-15)13(2,16)8-10-4-6-12(14)7-5-10/h4-7,11,16H,3,8-9,15H2,1-2H3. The van der Waals surface area contributed by atoms with Crippen molar-refractivity contribution in [2.75, 3.05) is 6.54 Å². The van der Waals surface area contributed by atoms with Crippen LogP contribution in [0.25, 0.3) is 0 Å². The Bertz CT molecular complexity index is 317. The number of hydrogen-bond acceptors (Lipinski definition) is 2. The highest BCUT2D eigenvalue weighted by Gasteiger charge is 2.29. The fourth-order valence-electron chi connectivity index (χ4n) is 2.02. The van der Waals surface area contributed by atoms with Crippen molar-refractivity contribution in [1.29, 1.82) is 0 Å². The largest absolute Gasteiger partial charge is 0.389 e. The summed E-state index contributed by atoms with van der Waals surface area (Å²) in [5.41, 5.74) is 6.00. The highest BCUT2D eigenvalue weighted by atomic mass is 35.5. The molecule has 0 spiro atoms. The first-order valence-electron chi connectivity index (χ1n) is 5.66. The third-order valence-corrected chi connectivity index (χ3v) is 3.38. The van der Waals surface area contributed by atoms with Crippen molar-refractivity contribution in [2.45, 2.75) is 32.3 Å². The molecule has 0 aliphatic heterocycles. The van der Waals surface area contributed by atoms with Gasteiger partial charge in [-0.1, -0.05) is 30.7 Å². The number of nitrogens with two attached hydrogens (primary N) is 1. The van der Waals surface area contributed by atoms with Crippen LogP contribution in [-0.2, 0) is 6.42 Å². The molecule has 2 nitrogen and oxygen atoms in total. The minimum absolute atomic E-state index is 0.128. The van der Waals surface area contributed by atoms with Crippen LogP contribution in [0.15, 0.2) is 24.3 Å². The Kier molecular flexibility index (Phi) is 4.78. The van der Waals surface area contributed by atoms with Crippen LogP contribution in [0.4, 0.5) is 0 Å². The van der Waals surface area contributed by atoms with E-state index in [2.05, 4.69) is 0 Å². The lowest BCUT2D eigenvalue weighted by Crippen LogP contribution is -2.40. The molecule has 2 atom stereocenters. The lowest BCUT2D eigenvalue weighted by Gasteiger charge is -2.31. The van der Waals surface area contributed by atoms with Crippen molar-refractivity contribution in [3.05, 3.63) is 34.9 Å². The Hall–Kier alpha value is -0.570. The predicted octanol–water partition coefficient (Wildman–Crippen LogP) is 2.62. The first kappa shape index (κ1) is 13.5. The predicted molar refractivity (Wildman–Crippen MR) is 68.6 cm³/mol. The molecule has 0 aliphatic carbocycles. The van der Waals surface area contributed by atoms with Gasteiger partial charge in [-0.15, -0.1) is 0 Å². The van der Waals surface area contributed by atoms with Crippen molar-refractivity contribution < 1.29 is 5.11 Å². The van der Waals surface area contributed by atoms with Crippen LogP contribution < -0.4 is 5.73 Å². The van der Waals surface area contributed by atoms with Gasteiger partial charge in [-0.2, -0.15) is 0 Å². The SMILES string of the molecule is CCC(CN)C(C)(O)Cc1ccc(Cl)cc1. The van der Waals surface area contributed by atoms with Crippen molar-refractivity contribution in [3.63, 3.8) is 0 Å². The number of benzene rings is 1. The van der Waals surface area contributed by atoms with E-state index < -0.39 is 5.60 Å². The Balaban J connectivity index is 2.75. The second-order valence-corrected chi connectivity index (χ2v) is 4.94. The fraction of sp³-hybridized carbons (Fsp3) is 0.538. The summed E-state index contributed by atoms with van der Waals surface area (Å²) in [6.45, 7) is 4.41. The molecule has 0 heterocycles. The van der Waals surface area contributed by atoms with Crippen molar-refractivity contribution in [3.8, 4) is 0 Å². The van der Waals surface area contributed by atoms with Crippen molar-refractivity contribution >= 4 is 11.6 Å². The zero-order valence-electron chi connectivity index (χ0n) is 9.91. The minimum Gasteiger partial charge on any atom is -0.389 e. The van der Waals surface area contributed by atoms with Gasteiger partial charge >= 0.3 is 0 Å². The van der Waals surface area contributed by atoms with Gasteiger partial charge in [-0.25, -0.2) is 0 Å². The van der Waals surface area contributed by atoms with Gasteiger partial charge in [-0.05, 0) is 43.5 Å². The first-order chi connectivity index (χ1) is 7.49. The highest BCUT2D eigenvalue weighted by molar-refractivity contribution is 6.30. The van der Waals surface area contributed by atoms with Crippen molar-refractivity contribution in [2.24, 2.45) is 11.7 Å². The fourth-order valence-corrected chi connectivity index (χ4v) is 2.15. The van der Waals surface area contributed by atoms with Gasteiger partial charge in [0.2, 0.25) is 0 Å². The van der Waals surface area contributed by atoms with Crippen LogP contribution >= 0.6 is 11.6 Å². The van der Waals surface area contributed by atoms with Crippen LogP contribution in [0.3, 0.4) is 0 Å². The smallest absolute Gasteiger partial charge is 0.0699 e. The van der Waals surface area contributed by atoms with E-state index >= 15 is 0 Å². The first-order valence-corrected chi connectivity index (χ1v) is 6.04. The monoisotopic (exact) mass is 241 g/mol. The molecule has 0 saturated heterocycles. The van der Waals surface area contributed by atoms with E-state index in [1.807, 2.05) is 38.1 Å².